The number of rotatable bonds is 9. The van der Waals surface area contributed by atoms with Crippen molar-refractivity contribution in [3.63, 3.8) is 0 Å². The second-order valence-electron chi connectivity index (χ2n) is 7.79. The van der Waals surface area contributed by atoms with Gasteiger partial charge in [0, 0.05) is 57.4 Å². The van der Waals surface area contributed by atoms with Crippen molar-refractivity contribution < 1.29 is 4.79 Å². The lowest BCUT2D eigenvalue weighted by molar-refractivity contribution is -0.132. The molecule has 0 saturated heterocycles. The van der Waals surface area contributed by atoms with Gasteiger partial charge in [-0.2, -0.15) is 0 Å². The number of fused-ring (bicyclic) bond motifs is 1. The molecule has 0 aliphatic carbocycles. The number of pyridine rings is 2. The van der Waals surface area contributed by atoms with Crippen LogP contribution in [-0.2, 0) is 31.0 Å². The topological polar surface area (TPSA) is 73.0 Å². The van der Waals surface area contributed by atoms with Gasteiger partial charge >= 0.3 is 5.69 Å². The molecule has 164 valence electrons. The van der Waals surface area contributed by atoms with E-state index < -0.39 is 0 Å². The molecule has 4 rings (SSSR count). The number of aromatic nitrogens is 4. The van der Waals surface area contributed by atoms with Crippen LogP contribution < -0.4 is 5.69 Å². The molecule has 3 aromatic heterocycles. The smallest absolute Gasteiger partial charge is 0.329 e. The van der Waals surface area contributed by atoms with E-state index in [9.17, 15) is 9.59 Å². The summed E-state index contributed by atoms with van der Waals surface area (Å²) in [5, 5.41) is 0. The number of hydrogen-bond donors (Lipinski definition) is 0. The Balaban J connectivity index is 1.56. The van der Waals surface area contributed by atoms with Crippen LogP contribution in [0.25, 0.3) is 11.0 Å². The van der Waals surface area contributed by atoms with Crippen molar-refractivity contribution in [1.82, 2.24) is 24.0 Å². The van der Waals surface area contributed by atoms with Crippen molar-refractivity contribution in [3.05, 3.63) is 94.9 Å². The number of benzene rings is 1. The van der Waals surface area contributed by atoms with E-state index in [1.54, 1.807) is 33.9 Å². The van der Waals surface area contributed by atoms with Crippen LogP contribution in [0.3, 0.4) is 0 Å². The minimum atomic E-state index is -0.0613. The number of hydrogen-bond acceptors (Lipinski definition) is 4. The van der Waals surface area contributed by atoms with Gasteiger partial charge in [0.2, 0.25) is 5.91 Å². The summed E-state index contributed by atoms with van der Waals surface area (Å²) in [6.07, 6.45) is 8.06. The van der Waals surface area contributed by atoms with Gasteiger partial charge in [-0.15, -0.1) is 0 Å². The maximum atomic E-state index is 13.3. The number of carbonyl (C=O) groups excluding carboxylic acids is 1. The SMILES string of the molecule is CCCn1c(=O)n(CCC(=O)N(Cc2ccncc2)Cc2cccnc2)c2ccccc21. The second kappa shape index (κ2) is 10.0. The average molecular weight is 430 g/mol. The molecular weight excluding hydrogens is 402 g/mol. The highest BCUT2D eigenvalue weighted by Gasteiger charge is 2.18. The molecule has 0 aliphatic rings. The lowest BCUT2D eigenvalue weighted by Gasteiger charge is -2.23. The van der Waals surface area contributed by atoms with Crippen molar-refractivity contribution in [2.24, 2.45) is 0 Å². The molecule has 0 unspecified atom stereocenters. The van der Waals surface area contributed by atoms with E-state index in [1.165, 1.54) is 0 Å². The minimum absolute atomic E-state index is 0.00936. The molecule has 1 amide bonds. The van der Waals surface area contributed by atoms with Crippen molar-refractivity contribution in [3.8, 4) is 0 Å². The highest BCUT2D eigenvalue weighted by atomic mass is 16.2. The molecule has 0 saturated carbocycles. The third-order valence-corrected chi connectivity index (χ3v) is 5.49. The largest absolute Gasteiger partial charge is 0.334 e. The fourth-order valence-electron chi connectivity index (χ4n) is 3.95. The Labute approximate surface area is 187 Å². The minimum Gasteiger partial charge on any atom is -0.334 e. The standard InChI is InChI=1S/C25H27N5O2/c1-2-15-29-22-7-3-4-8-23(22)30(25(29)32)16-11-24(31)28(18-20-9-13-26-14-10-20)19-21-6-5-12-27-17-21/h3-10,12-14,17H,2,11,15-16,18-19H2,1H3. The van der Waals surface area contributed by atoms with Gasteiger partial charge < -0.3 is 4.90 Å². The predicted octanol–water partition coefficient (Wildman–Crippen LogP) is 3.62. The molecule has 0 fully saturated rings. The first-order valence-corrected chi connectivity index (χ1v) is 10.9. The molecule has 0 N–H and O–H groups in total. The van der Waals surface area contributed by atoms with E-state index in [4.69, 9.17) is 0 Å². The van der Waals surface area contributed by atoms with E-state index >= 15 is 0 Å². The van der Waals surface area contributed by atoms with Gasteiger partial charge in [0.25, 0.3) is 0 Å². The monoisotopic (exact) mass is 429 g/mol. The van der Waals surface area contributed by atoms with Crippen LogP contribution in [0.1, 0.15) is 30.9 Å². The predicted molar refractivity (Wildman–Crippen MR) is 124 cm³/mol. The molecule has 0 bridgehead atoms. The highest BCUT2D eigenvalue weighted by Crippen LogP contribution is 2.15. The summed E-state index contributed by atoms with van der Waals surface area (Å²) >= 11 is 0. The Morgan fingerprint density at radius 1 is 0.844 bits per heavy atom. The normalized spacial score (nSPS) is 11.0. The average Bonchev–Trinajstić information content (AvgIpc) is 3.09. The van der Waals surface area contributed by atoms with Crippen LogP contribution in [0.4, 0.5) is 0 Å². The van der Waals surface area contributed by atoms with Gasteiger partial charge in [-0.1, -0.05) is 25.1 Å². The van der Waals surface area contributed by atoms with Gasteiger partial charge in [0.15, 0.2) is 0 Å². The molecule has 0 atom stereocenters. The summed E-state index contributed by atoms with van der Waals surface area (Å²) in [4.78, 5) is 36.3. The third kappa shape index (κ3) is 4.77. The number of amides is 1. The molecule has 0 spiro atoms. The lowest BCUT2D eigenvalue weighted by Crippen LogP contribution is -2.32. The van der Waals surface area contributed by atoms with E-state index in [2.05, 4.69) is 16.9 Å². The maximum absolute atomic E-state index is 13.3. The fourth-order valence-corrected chi connectivity index (χ4v) is 3.95. The number of imidazole rings is 1. The van der Waals surface area contributed by atoms with Crippen molar-refractivity contribution in [1.29, 1.82) is 0 Å². The number of carbonyl (C=O) groups is 1. The molecule has 7 nitrogen and oxygen atoms in total. The summed E-state index contributed by atoms with van der Waals surface area (Å²) in [7, 11) is 0. The first kappa shape index (κ1) is 21.5. The van der Waals surface area contributed by atoms with Crippen LogP contribution in [-0.4, -0.2) is 29.9 Å². The summed E-state index contributed by atoms with van der Waals surface area (Å²) in [5.74, 6) is -0.00936. The molecule has 7 heteroatoms. The van der Waals surface area contributed by atoms with Gasteiger partial charge in [0.1, 0.15) is 0 Å². The first-order valence-electron chi connectivity index (χ1n) is 10.9. The van der Waals surface area contributed by atoms with Gasteiger partial charge in [-0.3, -0.25) is 23.9 Å². The molecule has 32 heavy (non-hydrogen) atoms. The maximum Gasteiger partial charge on any atom is 0.329 e. The van der Waals surface area contributed by atoms with E-state index in [0.717, 1.165) is 28.6 Å². The first-order chi connectivity index (χ1) is 15.7. The Hall–Kier alpha value is -3.74. The lowest BCUT2D eigenvalue weighted by atomic mass is 10.2. The highest BCUT2D eigenvalue weighted by molar-refractivity contribution is 5.78. The zero-order chi connectivity index (χ0) is 22.3. The van der Waals surface area contributed by atoms with Gasteiger partial charge in [0.05, 0.1) is 11.0 Å². The number of para-hydroxylation sites is 2. The number of aryl methyl sites for hydroxylation is 2. The molecule has 3 heterocycles. The molecule has 0 aliphatic heterocycles. The molecular formula is C25H27N5O2. The fraction of sp³-hybridized carbons (Fsp3) is 0.280. The second-order valence-corrected chi connectivity index (χ2v) is 7.79. The van der Waals surface area contributed by atoms with Crippen LogP contribution in [0, 0.1) is 0 Å². The molecule has 0 radical (unpaired) electrons. The summed E-state index contributed by atoms with van der Waals surface area (Å²) in [5.41, 5.74) is 3.69. The Bertz CT molecular complexity index is 1190. The quantitative estimate of drug-likeness (QED) is 0.407. The summed E-state index contributed by atoms with van der Waals surface area (Å²) in [6, 6.07) is 15.4. The zero-order valence-corrected chi connectivity index (χ0v) is 18.2. The van der Waals surface area contributed by atoms with Crippen molar-refractivity contribution in [2.45, 2.75) is 45.9 Å². The van der Waals surface area contributed by atoms with E-state index in [-0.39, 0.29) is 18.0 Å². The van der Waals surface area contributed by atoms with Gasteiger partial charge in [-0.25, -0.2) is 4.79 Å². The molecule has 1 aromatic carbocycles. The van der Waals surface area contributed by atoms with Gasteiger partial charge in [-0.05, 0) is 47.9 Å². The van der Waals surface area contributed by atoms with E-state index in [1.807, 2.05) is 53.4 Å². The zero-order valence-electron chi connectivity index (χ0n) is 18.2. The Kier molecular flexibility index (Phi) is 6.75. The van der Waals surface area contributed by atoms with Crippen LogP contribution in [0.15, 0.2) is 78.1 Å². The van der Waals surface area contributed by atoms with Crippen LogP contribution >= 0.6 is 0 Å². The van der Waals surface area contributed by atoms with E-state index in [0.29, 0.717) is 26.2 Å². The summed E-state index contributed by atoms with van der Waals surface area (Å²) < 4.78 is 3.52. The Morgan fingerprint density at radius 3 is 2.19 bits per heavy atom. The third-order valence-electron chi connectivity index (χ3n) is 5.49. The van der Waals surface area contributed by atoms with Crippen LogP contribution in [0.2, 0.25) is 0 Å². The molecule has 4 aromatic rings. The van der Waals surface area contributed by atoms with Crippen molar-refractivity contribution in [2.75, 3.05) is 0 Å². The Morgan fingerprint density at radius 2 is 1.53 bits per heavy atom. The number of nitrogens with zero attached hydrogens (tertiary/aromatic N) is 5. The van der Waals surface area contributed by atoms with Crippen molar-refractivity contribution >= 4 is 16.9 Å². The van der Waals surface area contributed by atoms with Crippen LogP contribution in [0.5, 0.6) is 0 Å². The summed E-state index contributed by atoms with van der Waals surface area (Å²) in [6.45, 7) is 3.99.